The van der Waals surface area contributed by atoms with Gasteiger partial charge in [-0.25, -0.2) is 0 Å². The lowest BCUT2D eigenvalue weighted by Crippen LogP contribution is -2.32. The van der Waals surface area contributed by atoms with E-state index in [4.69, 9.17) is 10.5 Å². The summed E-state index contributed by atoms with van der Waals surface area (Å²) in [6.45, 7) is 4.26. The molecule has 19 heavy (non-hydrogen) atoms. The minimum absolute atomic E-state index is 0.308. The largest absolute Gasteiger partial charge is 0.465 e. The Labute approximate surface area is 118 Å². The number of hydrogen-bond donors (Lipinski definition) is 1. The number of thioether (sulfide) groups is 1. The molecule has 0 bridgehead atoms. The van der Waals surface area contributed by atoms with Crippen molar-refractivity contribution in [2.45, 2.75) is 38.5 Å². The van der Waals surface area contributed by atoms with Gasteiger partial charge in [-0.2, -0.15) is 16.9 Å². The van der Waals surface area contributed by atoms with E-state index in [-0.39, 0.29) is 5.97 Å². The van der Waals surface area contributed by atoms with E-state index in [9.17, 15) is 4.79 Å². The van der Waals surface area contributed by atoms with Crippen LogP contribution in [-0.2, 0) is 28.8 Å². The quantitative estimate of drug-likeness (QED) is 0.579. The first-order valence-corrected chi connectivity index (χ1v) is 7.75. The molecule has 1 unspecified atom stereocenters. The summed E-state index contributed by atoms with van der Waals surface area (Å²) in [5.74, 6) is 1.42. The van der Waals surface area contributed by atoms with Crippen LogP contribution in [0.15, 0.2) is 6.07 Å². The standard InChI is InChI=1S/C13H23N3O2S/c1-4-10-8-11(16(3)15-10)9-19-7-6-12(14)13(17)18-5-2/h8,12H,4-7,9,14H2,1-3H3. The number of nitrogens with zero attached hydrogens (tertiary/aromatic N) is 2. The molecular weight excluding hydrogens is 262 g/mol. The minimum atomic E-state index is -0.509. The van der Waals surface area contributed by atoms with E-state index >= 15 is 0 Å². The smallest absolute Gasteiger partial charge is 0.322 e. The second kappa shape index (κ2) is 8.22. The van der Waals surface area contributed by atoms with E-state index in [1.54, 1.807) is 18.7 Å². The summed E-state index contributed by atoms with van der Waals surface area (Å²) >= 11 is 1.76. The van der Waals surface area contributed by atoms with Crippen LogP contribution in [-0.4, -0.2) is 34.2 Å². The van der Waals surface area contributed by atoms with Crippen LogP contribution in [0.5, 0.6) is 0 Å². The predicted octanol–water partition coefficient (Wildman–Crippen LogP) is 1.50. The molecule has 0 fully saturated rings. The van der Waals surface area contributed by atoms with E-state index in [0.29, 0.717) is 13.0 Å². The lowest BCUT2D eigenvalue weighted by Gasteiger charge is -2.09. The highest BCUT2D eigenvalue weighted by Crippen LogP contribution is 2.15. The summed E-state index contributed by atoms with van der Waals surface area (Å²) in [7, 11) is 1.96. The molecular formula is C13H23N3O2S. The topological polar surface area (TPSA) is 70.1 Å². The number of aryl methyl sites for hydroxylation is 2. The van der Waals surface area contributed by atoms with Gasteiger partial charge in [0.1, 0.15) is 6.04 Å². The van der Waals surface area contributed by atoms with Crippen molar-refractivity contribution in [1.29, 1.82) is 0 Å². The summed E-state index contributed by atoms with van der Waals surface area (Å²) < 4.78 is 6.78. The van der Waals surface area contributed by atoms with Gasteiger partial charge in [0.25, 0.3) is 0 Å². The Hall–Kier alpha value is -1.01. The zero-order valence-corrected chi connectivity index (χ0v) is 12.7. The van der Waals surface area contributed by atoms with Crippen LogP contribution in [0.2, 0.25) is 0 Å². The monoisotopic (exact) mass is 285 g/mol. The van der Waals surface area contributed by atoms with Gasteiger partial charge in [0, 0.05) is 18.5 Å². The Bertz CT molecular complexity index is 407. The normalized spacial score (nSPS) is 12.4. The number of carbonyl (C=O) groups excluding carboxylic acids is 1. The van der Waals surface area contributed by atoms with Crippen LogP contribution < -0.4 is 5.73 Å². The van der Waals surface area contributed by atoms with Crippen LogP contribution in [0.4, 0.5) is 0 Å². The Balaban J connectivity index is 2.26. The van der Waals surface area contributed by atoms with Gasteiger partial charge < -0.3 is 10.5 Å². The lowest BCUT2D eigenvalue weighted by molar-refractivity contribution is -0.144. The first-order valence-electron chi connectivity index (χ1n) is 6.60. The highest BCUT2D eigenvalue weighted by molar-refractivity contribution is 7.98. The number of nitrogens with two attached hydrogens (primary N) is 1. The van der Waals surface area contributed by atoms with Crippen LogP contribution in [0.25, 0.3) is 0 Å². The molecule has 0 saturated carbocycles. The molecule has 5 nitrogen and oxygen atoms in total. The van der Waals surface area contributed by atoms with E-state index < -0.39 is 6.04 Å². The molecule has 0 amide bonds. The number of carbonyl (C=O) groups is 1. The van der Waals surface area contributed by atoms with Gasteiger partial charge in [0.15, 0.2) is 0 Å². The van der Waals surface area contributed by atoms with Crippen molar-refractivity contribution in [3.63, 3.8) is 0 Å². The maximum absolute atomic E-state index is 11.3. The van der Waals surface area contributed by atoms with E-state index in [0.717, 1.165) is 23.6 Å². The molecule has 1 rings (SSSR count). The Morgan fingerprint density at radius 3 is 2.89 bits per heavy atom. The Morgan fingerprint density at radius 1 is 1.58 bits per heavy atom. The van der Waals surface area contributed by atoms with Crippen LogP contribution in [0.1, 0.15) is 31.7 Å². The fraction of sp³-hybridized carbons (Fsp3) is 0.692. The van der Waals surface area contributed by atoms with Crippen LogP contribution >= 0.6 is 11.8 Å². The highest BCUT2D eigenvalue weighted by atomic mass is 32.2. The highest BCUT2D eigenvalue weighted by Gasteiger charge is 2.14. The van der Waals surface area contributed by atoms with Crippen LogP contribution in [0, 0.1) is 0 Å². The van der Waals surface area contributed by atoms with Gasteiger partial charge in [0.05, 0.1) is 12.3 Å². The fourth-order valence-corrected chi connectivity index (χ4v) is 2.68. The summed E-state index contributed by atoms with van der Waals surface area (Å²) in [6, 6.07) is 1.61. The number of aromatic nitrogens is 2. The Morgan fingerprint density at radius 2 is 2.32 bits per heavy atom. The predicted molar refractivity (Wildman–Crippen MR) is 78.0 cm³/mol. The lowest BCUT2D eigenvalue weighted by atomic mass is 10.2. The fourth-order valence-electron chi connectivity index (χ4n) is 1.63. The van der Waals surface area contributed by atoms with Gasteiger partial charge in [-0.05, 0) is 31.6 Å². The van der Waals surface area contributed by atoms with Gasteiger partial charge >= 0.3 is 5.97 Å². The van der Waals surface area contributed by atoms with E-state index in [2.05, 4.69) is 18.1 Å². The molecule has 0 radical (unpaired) electrons. The third kappa shape index (κ3) is 5.24. The van der Waals surface area contributed by atoms with Crippen LogP contribution in [0.3, 0.4) is 0 Å². The first kappa shape index (κ1) is 16.0. The molecule has 2 N–H and O–H groups in total. The van der Waals surface area contributed by atoms with Crippen molar-refractivity contribution in [1.82, 2.24) is 9.78 Å². The molecule has 6 heteroatoms. The van der Waals surface area contributed by atoms with Crippen molar-refractivity contribution in [2.75, 3.05) is 12.4 Å². The Kier molecular flexibility index (Phi) is 6.94. The minimum Gasteiger partial charge on any atom is -0.465 e. The average molecular weight is 285 g/mol. The van der Waals surface area contributed by atoms with Crippen molar-refractivity contribution in [2.24, 2.45) is 12.8 Å². The van der Waals surface area contributed by atoms with Crippen molar-refractivity contribution in [3.8, 4) is 0 Å². The SMILES string of the molecule is CCOC(=O)C(N)CCSCc1cc(CC)nn1C. The molecule has 0 aliphatic rings. The first-order chi connectivity index (χ1) is 9.08. The molecule has 0 aromatic carbocycles. The molecule has 1 atom stereocenters. The summed E-state index contributed by atoms with van der Waals surface area (Å²) in [6.07, 6.45) is 1.59. The molecule has 0 aliphatic carbocycles. The maximum Gasteiger partial charge on any atom is 0.322 e. The van der Waals surface area contributed by atoms with Gasteiger partial charge in [-0.15, -0.1) is 0 Å². The second-order valence-electron chi connectivity index (χ2n) is 4.30. The zero-order valence-electron chi connectivity index (χ0n) is 11.9. The van der Waals surface area contributed by atoms with Gasteiger partial charge in [-0.3, -0.25) is 9.48 Å². The van der Waals surface area contributed by atoms with E-state index in [1.165, 1.54) is 5.69 Å². The third-order valence-corrected chi connectivity index (χ3v) is 3.83. The molecule has 108 valence electrons. The molecule has 1 heterocycles. The number of esters is 1. The number of rotatable bonds is 8. The molecule has 1 aromatic rings. The van der Waals surface area contributed by atoms with Crippen molar-refractivity contribution < 1.29 is 9.53 Å². The zero-order chi connectivity index (χ0) is 14.3. The second-order valence-corrected chi connectivity index (χ2v) is 5.41. The average Bonchev–Trinajstić information content (AvgIpc) is 2.75. The molecule has 0 saturated heterocycles. The van der Waals surface area contributed by atoms with Gasteiger partial charge in [-0.1, -0.05) is 6.92 Å². The maximum atomic E-state index is 11.3. The molecule has 0 aliphatic heterocycles. The summed E-state index contributed by atoms with van der Waals surface area (Å²) in [5, 5.41) is 4.40. The molecule has 0 spiro atoms. The number of ether oxygens (including phenoxy) is 1. The van der Waals surface area contributed by atoms with Gasteiger partial charge in [0.2, 0.25) is 0 Å². The van der Waals surface area contributed by atoms with E-state index in [1.807, 2.05) is 11.7 Å². The summed E-state index contributed by atoms with van der Waals surface area (Å²) in [4.78, 5) is 11.3. The summed E-state index contributed by atoms with van der Waals surface area (Å²) in [5.41, 5.74) is 8.05. The molecule has 1 aromatic heterocycles. The third-order valence-electron chi connectivity index (χ3n) is 2.80. The van der Waals surface area contributed by atoms with Crippen molar-refractivity contribution >= 4 is 17.7 Å². The number of hydrogen-bond acceptors (Lipinski definition) is 5. The van der Waals surface area contributed by atoms with Crippen molar-refractivity contribution in [3.05, 3.63) is 17.5 Å².